The van der Waals surface area contributed by atoms with Crippen LogP contribution in [0.4, 0.5) is 5.82 Å². The minimum Gasteiger partial charge on any atom is -0.463 e. The van der Waals surface area contributed by atoms with E-state index in [9.17, 15) is 43.2 Å². The van der Waals surface area contributed by atoms with Crippen molar-refractivity contribution in [2.24, 2.45) is 11.8 Å². The Balaban J connectivity index is 1.15. The van der Waals surface area contributed by atoms with Gasteiger partial charge in [-0.25, -0.2) is 10.7 Å². The maximum Gasteiger partial charge on any atom is 0.328 e. The first kappa shape index (κ1) is 117. The molecule has 13 N–H and O–H groups in total. The number of hydrogen-bond acceptors (Lipinski definition) is 35. The lowest BCUT2D eigenvalue weighted by molar-refractivity contribution is -0.131. The number of carbonyl (C=O) groups excluding carboxylic acids is 8. The Morgan fingerprint density at radius 1 is 0.429 bits per heavy atom. The molecular formula is C88H155N15O30. The van der Waals surface area contributed by atoms with Crippen molar-refractivity contribution in [2.75, 3.05) is 324 Å². The molecule has 8 amide bonds. The van der Waals surface area contributed by atoms with Crippen LogP contribution in [-0.4, -0.2) is 401 Å². The molecule has 1 atom stereocenters. The van der Waals surface area contributed by atoms with Gasteiger partial charge in [0, 0.05) is 106 Å². The quantitative estimate of drug-likeness (QED) is 0.0252. The Hall–Kier alpha value is -7.95. The number of rotatable bonds is 91. The van der Waals surface area contributed by atoms with Crippen molar-refractivity contribution in [1.82, 2.24) is 67.0 Å². The number of likely N-dealkylation sites (tertiary alicyclic amines) is 1. The summed E-state index contributed by atoms with van der Waals surface area (Å²) < 4.78 is 112. The zero-order valence-corrected chi connectivity index (χ0v) is 79.0. The maximum atomic E-state index is 13.8. The topological polar surface area (TPSA) is 545 Å². The second kappa shape index (κ2) is 80.2. The number of nitrogens with two attached hydrogens (primary N) is 2. The molecule has 3 aromatic rings. The minimum atomic E-state index is -1.38. The smallest absolute Gasteiger partial charge is 0.328 e. The lowest BCUT2D eigenvalue weighted by Crippen LogP contribution is -2.59. The van der Waals surface area contributed by atoms with Gasteiger partial charge in [-0.3, -0.25) is 52.7 Å². The van der Waals surface area contributed by atoms with Crippen molar-refractivity contribution in [2.45, 2.75) is 128 Å². The first-order valence-electron chi connectivity index (χ1n) is 46.4. The van der Waals surface area contributed by atoms with Gasteiger partial charge in [-0.2, -0.15) is 9.97 Å². The van der Waals surface area contributed by atoms with E-state index in [2.05, 4.69) is 86.3 Å². The molecule has 1 aromatic carbocycles. The van der Waals surface area contributed by atoms with E-state index in [-0.39, 0.29) is 255 Å². The van der Waals surface area contributed by atoms with Crippen LogP contribution in [0.3, 0.4) is 0 Å². The third kappa shape index (κ3) is 61.7. The van der Waals surface area contributed by atoms with Crippen LogP contribution >= 0.6 is 0 Å². The third-order valence-electron chi connectivity index (χ3n) is 20.0. The average Bonchev–Trinajstić information content (AvgIpc) is 1.63. The lowest BCUT2D eigenvalue weighted by atomic mass is 9.93. The number of amides is 8. The van der Waals surface area contributed by atoms with Crippen molar-refractivity contribution in [3.05, 3.63) is 45.9 Å². The van der Waals surface area contributed by atoms with E-state index in [1.165, 1.54) is 4.57 Å². The number of benzene rings is 1. The molecule has 0 radical (unpaired) electrons. The number of hydrogen-bond donors (Lipinski definition) is 11. The largest absolute Gasteiger partial charge is 0.463 e. The number of nitrogen functional groups attached to an aromatic ring is 1. The predicted molar refractivity (Wildman–Crippen MR) is 487 cm³/mol. The van der Waals surface area contributed by atoms with Gasteiger partial charge in [0.15, 0.2) is 11.5 Å². The molecule has 0 spiro atoms. The maximum absolute atomic E-state index is 13.8. The number of fused-ring (bicyclic) bond motifs is 1. The van der Waals surface area contributed by atoms with Crippen molar-refractivity contribution in [3.63, 3.8) is 0 Å². The van der Waals surface area contributed by atoms with Gasteiger partial charge in [0.05, 0.1) is 244 Å². The number of nitrogens with one attached hydrogen (secondary N) is 9. The molecule has 1 saturated heterocycles. The molecule has 0 saturated carbocycles. The molecule has 0 bridgehead atoms. The second-order valence-electron chi connectivity index (χ2n) is 30.9. The van der Waals surface area contributed by atoms with Crippen LogP contribution in [0.2, 0.25) is 0 Å². The van der Waals surface area contributed by atoms with Crippen LogP contribution in [-0.2, 0) is 146 Å². The summed E-state index contributed by atoms with van der Waals surface area (Å²) in [6, 6.07) is 7.47. The third-order valence-corrected chi connectivity index (χ3v) is 20.0. The van der Waals surface area contributed by atoms with E-state index in [0.717, 1.165) is 62.9 Å². The molecule has 1 aliphatic rings. The van der Waals surface area contributed by atoms with Gasteiger partial charge in [0.2, 0.25) is 47.3 Å². The SMILES string of the molecule is CCCCOc1nc(N)c2[nH]c(=O)n(Cc3ccc(CN4CCC(CCNC(=O)[C@H](CCCCNC(=O)CON)NC(=O)CCCC(=O)NCCOCCOCCOCCOCCC(=O)NC(COCCC(=O)NCCOCCOCCOCCOC)(COCCC(=O)NCCOCCOCCOCCOC)COCCC(=O)NCCOCCOCCOCCOC)CC4)cc3)c2n1. The van der Waals surface area contributed by atoms with Gasteiger partial charge in [0.25, 0.3) is 0 Å². The van der Waals surface area contributed by atoms with Crippen molar-refractivity contribution >= 4 is 64.2 Å². The Labute approximate surface area is 781 Å². The zero-order chi connectivity index (χ0) is 95.8. The highest BCUT2D eigenvalue weighted by Crippen LogP contribution is 2.24. The van der Waals surface area contributed by atoms with Gasteiger partial charge in [-0.05, 0) is 81.5 Å². The first-order chi connectivity index (χ1) is 65.0. The van der Waals surface area contributed by atoms with Gasteiger partial charge >= 0.3 is 11.7 Å². The summed E-state index contributed by atoms with van der Waals surface area (Å²) in [5.74, 6) is 2.91. The van der Waals surface area contributed by atoms with E-state index in [0.29, 0.717) is 175 Å². The summed E-state index contributed by atoms with van der Waals surface area (Å²) in [6.07, 6.45) is 6.02. The first-order valence-corrected chi connectivity index (χ1v) is 46.4. The van der Waals surface area contributed by atoms with E-state index >= 15 is 0 Å². The van der Waals surface area contributed by atoms with E-state index < -0.39 is 17.5 Å². The summed E-state index contributed by atoms with van der Waals surface area (Å²) in [7, 11) is 4.80. The van der Waals surface area contributed by atoms with Crippen LogP contribution in [0.5, 0.6) is 6.01 Å². The van der Waals surface area contributed by atoms with Crippen LogP contribution in [0, 0.1) is 5.92 Å². The van der Waals surface area contributed by atoms with E-state index in [1.807, 2.05) is 12.1 Å². The molecule has 45 nitrogen and oxygen atoms in total. The molecule has 1 fully saturated rings. The van der Waals surface area contributed by atoms with Crippen molar-refractivity contribution < 1.29 is 138 Å². The van der Waals surface area contributed by atoms with Crippen molar-refractivity contribution in [1.29, 1.82) is 0 Å². The van der Waals surface area contributed by atoms with Crippen LogP contribution in [0.1, 0.15) is 114 Å². The molecule has 0 unspecified atom stereocenters. The fourth-order valence-electron chi connectivity index (χ4n) is 12.7. The summed E-state index contributed by atoms with van der Waals surface area (Å²) in [4.78, 5) is 135. The number of H-pyrrole nitrogens is 1. The Morgan fingerprint density at radius 2 is 0.820 bits per heavy atom. The standard InChI is InChI=1S/C88H155N15O30/c1-5-6-32-132-86-99-83(89)82-84(100-86)103(87(112)98-82)66-73-15-13-72(14-16-73)65-102-30-18-71(19-31-102)17-25-96-85(111)74(10-7-8-24-91-81(110)67-133-90)97-79(108)12-9-11-75(104)92-26-37-117-48-56-128-64-63-124-52-47-116-33-23-80(109)101-88(68-129-34-20-76(105)93-27-38-118-49-53-125-60-57-121-44-41-113-2,69-130-35-21-77(106)94-28-39-119-50-54-126-61-58-122-45-42-114-3)70-131-36-22-78(107)95-29-40-120-51-55-127-62-59-123-46-43-115-4/h13-16,71,74H,5-12,17-70,90H2,1-4H3,(H,91,110)(H,92,104)(H,93,105)(H,94,106)(H,95,107)(H,96,111)(H,97,108)(H,98,112)(H,101,109)(H2,89,99,100)/t74-/m0/s1. The Morgan fingerprint density at radius 3 is 1.26 bits per heavy atom. The van der Waals surface area contributed by atoms with Crippen LogP contribution < -0.4 is 64.6 Å². The number of ether oxygens (including phenoxy) is 20. The summed E-state index contributed by atoms with van der Waals surface area (Å²) in [5.41, 5.74) is 7.26. The highest BCUT2D eigenvalue weighted by Gasteiger charge is 2.35. The van der Waals surface area contributed by atoms with Gasteiger partial charge < -0.3 is 148 Å². The van der Waals surface area contributed by atoms with Crippen LogP contribution in [0.15, 0.2) is 29.1 Å². The molecule has 45 heteroatoms. The number of piperidine rings is 1. The minimum absolute atomic E-state index is 0.00528. The molecule has 3 heterocycles. The fraction of sp³-hybridized carbons (Fsp3) is 0.784. The number of aromatic nitrogens is 4. The number of unbranched alkanes of at least 4 members (excludes halogenated alkanes) is 2. The molecule has 133 heavy (non-hydrogen) atoms. The van der Waals surface area contributed by atoms with E-state index in [4.69, 9.17) is 106 Å². The molecule has 1 aliphatic heterocycles. The number of carbonyl (C=O) groups is 8. The molecule has 762 valence electrons. The number of nitrogens with zero attached hydrogens (tertiary/aromatic N) is 4. The highest BCUT2D eigenvalue weighted by molar-refractivity contribution is 5.88. The van der Waals surface area contributed by atoms with Crippen LogP contribution in [0.25, 0.3) is 11.2 Å². The summed E-state index contributed by atoms with van der Waals surface area (Å²) >= 11 is 0. The van der Waals surface area contributed by atoms with Crippen molar-refractivity contribution in [3.8, 4) is 6.01 Å². The Bertz CT molecular complexity index is 3440. The van der Waals surface area contributed by atoms with Gasteiger partial charge in [-0.15, -0.1) is 0 Å². The number of anilines is 1. The Kier molecular flexibility index (Phi) is 70.8. The number of imidazole rings is 1. The summed E-state index contributed by atoms with van der Waals surface area (Å²) in [5, 5.41) is 22.8. The van der Waals surface area contributed by atoms with Gasteiger partial charge in [0.1, 0.15) is 23.7 Å². The monoisotopic (exact) mass is 1900 g/mol. The highest BCUT2D eigenvalue weighted by atomic mass is 16.6. The molecule has 2 aromatic heterocycles. The van der Waals surface area contributed by atoms with E-state index in [1.54, 1.807) is 21.3 Å². The molecule has 0 aliphatic carbocycles. The molecular weight excluding hydrogens is 1750 g/mol. The number of methoxy groups -OCH3 is 3. The normalized spacial score (nSPS) is 12.7. The summed E-state index contributed by atoms with van der Waals surface area (Å²) in [6.45, 7) is 15.9. The average molecular weight is 1900 g/mol. The fourth-order valence-corrected chi connectivity index (χ4v) is 12.7. The molecule has 4 rings (SSSR count). The zero-order valence-electron chi connectivity index (χ0n) is 79.0. The number of aromatic amines is 1. The lowest BCUT2D eigenvalue weighted by Gasteiger charge is -2.34. The second-order valence-corrected chi connectivity index (χ2v) is 30.9. The van der Waals surface area contributed by atoms with Gasteiger partial charge in [-0.1, -0.05) is 37.6 Å². The predicted octanol–water partition coefficient (Wildman–Crippen LogP) is -0.436.